The molecule has 4 N–H and O–H groups in total. The number of nitrogens with one attached hydrogen (secondary N) is 1. The Labute approximate surface area is 145 Å². The van der Waals surface area contributed by atoms with Gasteiger partial charge in [-0.25, -0.2) is 0 Å². The van der Waals surface area contributed by atoms with Crippen LogP contribution in [0.1, 0.15) is 103 Å². The predicted molar refractivity (Wildman–Crippen MR) is 103 cm³/mol. The zero-order chi connectivity index (χ0) is 17.0. The van der Waals surface area contributed by atoms with Crippen LogP contribution in [0.3, 0.4) is 0 Å². The second-order valence-electron chi connectivity index (χ2n) is 7.03. The van der Waals surface area contributed by atoms with Crippen LogP contribution in [0.15, 0.2) is 0 Å². The van der Waals surface area contributed by atoms with Crippen molar-refractivity contribution in [1.29, 1.82) is 0 Å². The summed E-state index contributed by atoms with van der Waals surface area (Å²) in [7, 11) is 0. The second-order valence-corrected chi connectivity index (χ2v) is 7.03. The Hall–Kier alpha value is -0.120. The van der Waals surface area contributed by atoms with Crippen molar-refractivity contribution in [2.24, 2.45) is 5.73 Å². The molecule has 0 amide bonds. The van der Waals surface area contributed by atoms with Crippen molar-refractivity contribution >= 4 is 0 Å². The molecular formula is C20H44N2O. The van der Waals surface area contributed by atoms with E-state index in [1.807, 2.05) is 0 Å². The maximum absolute atomic E-state index is 9.93. The van der Waals surface area contributed by atoms with Crippen LogP contribution >= 0.6 is 0 Å². The average molecular weight is 329 g/mol. The van der Waals surface area contributed by atoms with Crippen molar-refractivity contribution in [3.8, 4) is 0 Å². The van der Waals surface area contributed by atoms with Gasteiger partial charge in [-0.15, -0.1) is 0 Å². The molecule has 0 saturated heterocycles. The summed E-state index contributed by atoms with van der Waals surface area (Å²) in [6.45, 7) is 4.87. The number of unbranched alkanes of at least 4 members (excludes halogenated alkanes) is 12. The molecular weight excluding hydrogens is 284 g/mol. The third kappa shape index (κ3) is 19.8. The first-order valence-electron chi connectivity index (χ1n) is 10.4. The lowest BCUT2D eigenvalue weighted by molar-refractivity contribution is 0.158. The van der Waals surface area contributed by atoms with Gasteiger partial charge >= 0.3 is 0 Å². The van der Waals surface area contributed by atoms with Gasteiger partial charge in [-0.05, 0) is 32.4 Å². The second kappa shape index (κ2) is 19.9. The van der Waals surface area contributed by atoms with Crippen molar-refractivity contribution < 1.29 is 5.11 Å². The fourth-order valence-electron chi connectivity index (χ4n) is 2.99. The van der Waals surface area contributed by atoms with Crippen LogP contribution in [0.2, 0.25) is 0 Å². The lowest BCUT2D eigenvalue weighted by Gasteiger charge is -2.11. The van der Waals surface area contributed by atoms with Gasteiger partial charge in [0.15, 0.2) is 0 Å². The number of hydrogen-bond donors (Lipinski definition) is 3. The summed E-state index contributed by atoms with van der Waals surface area (Å²) in [5, 5.41) is 13.3. The van der Waals surface area contributed by atoms with Crippen molar-refractivity contribution in [2.75, 3.05) is 19.6 Å². The monoisotopic (exact) mass is 328 g/mol. The van der Waals surface area contributed by atoms with Gasteiger partial charge in [0.05, 0.1) is 6.10 Å². The van der Waals surface area contributed by atoms with Crippen LogP contribution in [-0.4, -0.2) is 30.8 Å². The number of aliphatic hydroxyl groups excluding tert-OH is 1. The number of aliphatic hydroxyl groups is 1. The number of hydrogen-bond acceptors (Lipinski definition) is 3. The minimum Gasteiger partial charge on any atom is -0.392 e. The molecule has 0 rings (SSSR count). The van der Waals surface area contributed by atoms with Crippen molar-refractivity contribution in [3.05, 3.63) is 0 Å². The van der Waals surface area contributed by atoms with Gasteiger partial charge in [-0.2, -0.15) is 0 Å². The highest BCUT2D eigenvalue weighted by atomic mass is 16.3. The van der Waals surface area contributed by atoms with E-state index in [4.69, 9.17) is 5.73 Å². The van der Waals surface area contributed by atoms with E-state index in [1.54, 1.807) is 0 Å². The molecule has 23 heavy (non-hydrogen) atoms. The van der Waals surface area contributed by atoms with Gasteiger partial charge in [0.1, 0.15) is 0 Å². The Kier molecular flexibility index (Phi) is 19.8. The first-order valence-corrected chi connectivity index (χ1v) is 10.4. The van der Waals surface area contributed by atoms with E-state index >= 15 is 0 Å². The van der Waals surface area contributed by atoms with E-state index in [0.717, 1.165) is 32.5 Å². The molecule has 1 unspecified atom stereocenters. The predicted octanol–water partition coefficient (Wildman–Crippen LogP) is 4.77. The molecule has 140 valence electrons. The van der Waals surface area contributed by atoms with Gasteiger partial charge in [0.25, 0.3) is 0 Å². The maximum atomic E-state index is 9.93. The van der Waals surface area contributed by atoms with E-state index in [2.05, 4.69) is 12.2 Å². The van der Waals surface area contributed by atoms with Crippen LogP contribution < -0.4 is 11.1 Å². The fourth-order valence-corrected chi connectivity index (χ4v) is 2.99. The van der Waals surface area contributed by atoms with E-state index in [9.17, 15) is 5.11 Å². The highest BCUT2D eigenvalue weighted by Crippen LogP contribution is 2.11. The van der Waals surface area contributed by atoms with Gasteiger partial charge in [-0.3, -0.25) is 0 Å². The fraction of sp³-hybridized carbons (Fsp3) is 1.00. The Morgan fingerprint density at radius 3 is 1.87 bits per heavy atom. The Morgan fingerprint density at radius 2 is 1.26 bits per heavy atom. The van der Waals surface area contributed by atoms with Crippen molar-refractivity contribution in [3.63, 3.8) is 0 Å². The zero-order valence-electron chi connectivity index (χ0n) is 15.8. The van der Waals surface area contributed by atoms with Gasteiger partial charge in [0, 0.05) is 6.54 Å². The highest BCUT2D eigenvalue weighted by molar-refractivity contribution is 4.60. The minimum atomic E-state index is -0.159. The first-order chi connectivity index (χ1) is 11.3. The summed E-state index contributed by atoms with van der Waals surface area (Å²) in [6, 6.07) is 0. The summed E-state index contributed by atoms with van der Waals surface area (Å²) in [5.74, 6) is 0. The molecule has 0 fully saturated rings. The summed E-state index contributed by atoms with van der Waals surface area (Å²) in [5.41, 5.74) is 5.47. The maximum Gasteiger partial charge on any atom is 0.0664 e. The van der Waals surface area contributed by atoms with Gasteiger partial charge in [0.2, 0.25) is 0 Å². The molecule has 0 heterocycles. The van der Waals surface area contributed by atoms with Crippen LogP contribution in [0.5, 0.6) is 0 Å². The Morgan fingerprint density at radius 1 is 0.739 bits per heavy atom. The molecule has 0 aromatic heterocycles. The van der Waals surface area contributed by atoms with Crippen LogP contribution in [0, 0.1) is 0 Å². The van der Waals surface area contributed by atoms with E-state index < -0.39 is 0 Å². The van der Waals surface area contributed by atoms with Gasteiger partial charge in [-0.1, -0.05) is 84.0 Å². The molecule has 3 heteroatoms. The molecule has 0 aromatic rings. The lowest BCUT2D eigenvalue weighted by atomic mass is 10.0. The molecule has 0 aliphatic rings. The number of nitrogens with two attached hydrogens (primary N) is 1. The smallest absolute Gasteiger partial charge is 0.0664 e. The van der Waals surface area contributed by atoms with Gasteiger partial charge < -0.3 is 16.2 Å². The highest BCUT2D eigenvalue weighted by Gasteiger charge is 2.03. The molecule has 0 radical (unpaired) electrons. The average Bonchev–Trinajstić information content (AvgIpc) is 2.55. The van der Waals surface area contributed by atoms with Crippen LogP contribution in [0.4, 0.5) is 0 Å². The molecule has 0 aliphatic carbocycles. The first kappa shape index (κ1) is 22.9. The third-order valence-electron chi connectivity index (χ3n) is 4.58. The summed E-state index contributed by atoms with van der Waals surface area (Å²) in [4.78, 5) is 0. The van der Waals surface area contributed by atoms with Crippen LogP contribution in [0.25, 0.3) is 0 Å². The largest absolute Gasteiger partial charge is 0.392 e. The molecule has 1 atom stereocenters. The molecule has 0 spiro atoms. The molecule has 3 nitrogen and oxygen atoms in total. The summed E-state index contributed by atoms with van der Waals surface area (Å²) < 4.78 is 0. The summed E-state index contributed by atoms with van der Waals surface area (Å²) in [6.07, 6.45) is 19.2. The number of rotatable bonds is 19. The standard InChI is InChI=1S/C20H44N2O/c1-2-3-4-5-6-7-8-9-10-13-16-20(23)19-22-18-15-12-11-14-17-21/h20,22-23H,2-19,21H2,1H3. The Balaban J connectivity index is 3.11. The molecule has 0 saturated carbocycles. The zero-order valence-corrected chi connectivity index (χ0v) is 15.8. The summed E-state index contributed by atoms with van der Waals surface area (Å²) >= 11 is 0. The van der Waals surface area contributed by atoms with E-state index in [0.29, 0.717) is 0 Å². The SMILES string of the molecule is CCCCCCCCCCCCC(O)CNCCCCCCN. The Bertz CT molecular complexity index is 212. The molecule has 0 bridgehead atoms. The quantitative estimate of drug-likeness (QED) is 0.299. The van der Waals surface area contributed by atoms with E-state index in [-0.39, 0.29) is 6.10 Å². The topological polar surface area (TPSA) is 58.3 Å². The van der Waals surface area contributed by atoms with Crippen molar-refractivity contribution in [1.82, 2.24) is 5.32 Å². The third-order valence-corrected chi connectivity index (χ3v) is 4.58. The lowest BCUT2D eigenvalue weighted by Crippen LogP contribution is -2.27. The normalized spacial score (nSPS) is 12.7. The van der Waals surface area contributed by atoms with E-state index in [1.165, 1.54) is 83.5 Å². The molecule has 0 aliphatic heterocycles. The van der Waals surface area contributed by atoms with Crippen LogP contribution in [-0.2, 0) is 0 Å². The van der Waals surface area contributed by atoms with Crippen molar-refractivity contribution in [2.45, 2.75) is 109 Å². The molecule has 0 aromatic carbocycles. The minimum absolute atomic E-state index is 0.159.